The maximum absolute atomic E-state index is 13.4. The van der Waals surface area contributed by atoms with E-state index >= 15 is 0 Å². The fourth-order valence-corrected chi connectivity index (χ4v) is 6.04. The smallest absolute Gasteiger partial charge is 0.255 e. The summed E-state index contributed by atoms with van der Waals surface area (Å²) in [4.78, 5) is 28.7. The van der Waals surface area contributed by atoms with E-state index in [4.69, 9.17) is 0 Å². The average Bonchev–Trinajstić information content (AvgIpc) is 3.14. The summed E-state index contributed by atoms with van der Waals surface area (Å²) in [6.07, 6.45) is 1.98. The lowest BCUT2D eigenvalue weighted by atomic mass is 9.98. The van der Waals surface area contributed by atoms with Crippen LogP contribution >= 0.6 is 0 Å². The van der Waals surface area contributed by atoms with Crippen LogP contribution in [0.4, 0.5) is 5.69 Å². The van der Waals surface area contributed by atoms with E-state index < -0.39 is 11.0 Å². The molecule has 0 radical (unpaired) electrons. The third-order valence-corrected chi connectivity index (χ3v) is 8.41. The summed E-state index contributed by atoms with van der Waals surface area (Å²) in [5.41, 5.74) is 4.39. The third-order valence-electron chi connectivity index (χ3n) is 6.97. The Morgan fingerprint density at radius 2 is 1.91 bits per heavy atom. The van der Waals surface area contributed by atoms with Gasteiger partial charge in [0, 0.05) is 60.4 Å². The van der Waals surface area contributed by atoms with E-state index in [0.717, 1.165) is 54.8 Å². The maximum Gasteiger partial charge on any atom is 0.255 e. The van der Waals surface area contributed by atoms with E-state index in [1.54, 1.807) is 7.05 Å². The number of piperidine rings is 1. The quantitative estimate of drug-likeness (QED) is 0.445. The number of carbonyl (C=O) groups excluding carboxylic acids is 1. The molecule has 2 aromatic heterocycles. The van der Waals surface area contributed by atoms with Crippen LogP contribution in [0.3, 0.4) is 0 Å². The van der Waals surface area contributed by atoms with E-state index in [-0.39, 0.29) is 18.0 Å². The highest BCUT2D eigenvalue weighted by atomic mass is 32.2. The lowest BCUT2D eigenvalue weighted by Gasteiger charge is -2.31. The first kappa shape index (κ1) is 25.2. The first-order valence-corrected chi connectivity index (χ1v) is 13.5. The van der Waals surface area contributed by atoms with Crippen molar-refractivity contribution in [3.63, 3.8) is 0 Å². The predicted octanol–water partition coefficient (Wildman–Crippen LogP) is 3.31. The van der Waals surface area contributed by atoms with Gasteiger partial charge in [0.25, 0.3) is 11.5 Å². The first-order valence-electron chi connectivity index (χ1n) is 12.2. The fourth-order valence-electron chi connectivity index (χ4n) is 5.06. The van der Waals surface area contributed by atoms with Gasteiger partial charge in [0.1, 0.15) is 0 Å². The second-order valence-corrected chi connectivity index (χ2v) is 10.9. The molecule has 3 heterocycles. The molecule has 0 saturated carbocycles. The van der Waals surface area contributed by atoms with Crippen LogP contribution in [0.5, 0.6) is 0 Å². The number of pyridine rings is 1. The second-order valence-electron chi connectivity index (χ2n) is 9.18. The van der Waals surface area contributed by atoms with Gasteiger partial charge in [-0.25, -0.2) is 8.51 Å². The predicted molar refractivity (Wildman–Crippen MR) is 142 cm³/mol. The van der Waals surface area contributed by atoms with Gasteiger partial charge in [0.2, 0.25) is 0 Å². The Bertz CT molecular complexity index is 1300. The molecule has 4 rings (SSSR count). The maximum atomic E-state index is 13.4. The topological polar surface area (TPSA) is 99.2 Å². The zero-order valence-corrected chi connectivity index (χ0v) is 21.8. The second kappa shape index (κ2) is 10.8. The summed E-state index contributed by atoms with van der Waals surface area (Å²) in [5.74, 6) is 0.942. The number of aryl methyl sites for hydroxylation is 1. The summed E-state index contributed by atoms with van der Waals surface area (Å²) in [5, 5.41) is 6.93. The summed E-state index contributed by atoms with van der Waals surface area (Å²) in [7, 11) is 0.883. The van der Waals surface area contributed by atoms with E-state index in [2.05, 4.69) is 30.6 Å². The van der Waals surface area contributed by atoms with Gasteiger partial charge in [0.15, 0.2) is 0 Å². The Labute approximate surface area is 208 Å². The highest BCUT2D eigenvalue weighted by Gasteiger charge is 2.25. The molecule has 1 fully saturated rings. The number of fused-ring (bicyclic) bond motifs is 1. The zero-order chi connectivity index (χ0) is 25.1. The number of nitrogens with zero attached hydrogens (tertiary/aromatic N) is 2. The molecule has 8 nitrogen and oxygen atoms in total. The van der Waals surface area contributed by atoms with Crippen LogP contribution in [0.2, 0.25) is 0 Å². The molecule has 188 valence electrons. The van der Waals surface area contributed by atoms with Crippen LogP contribution in [0.15, 0.2) is 35.1 Å². The standard InChI is InChI=1S/C26H35N5O3S/c1-5-35(34)30-12-10-19(11-13-30)16-31-18(3)24(20-8-6-7-9-23(20)31)26(33)28-15-21-22(27-4)14-17(2)29-25(21)32/h6-9,14,19H,5,10-13,15-16H2,1-4H3,(H,28,33)(H2,27,29,32). The largest absolute Gasteiger partial charge is 0.388 e. The van der Waals surface area contributed by atoms with Crippen LogP contribution in [-0.2, 0) is 24.1 Å². The Morgan fingerprint density at radius 3 is 2.60 bits per heavy atom. The van der Waals surface area contributed by atoms with Crippen molar-refractivity contribution in [2.45, 2.75) is 46.7 Å². The van der Waals surface area contributed by atoms with Gasteiger partial charge < -0.3 is 20.2 Å². The Kier molecular flexibility index (Phi) is 7.76. The fraction of sp³-hybridized carbons (Fsp3) is 0.462. The van der Waals surface area contributed by atoms with Gasteiger partial charge in [-0.2, -0.15) is 0 Å². The summed E-state index contributed by atoms with van der Waals surface area (Å²) in [6, 6.07) is 9.85. The van der Waals surface area contributed by atoms with Crippen molar-refractivity contribution in [2.24, 2.45) is 5.92 Å². The molecule has 35 heavy (non-hydrogen) atoms. The van der Waals surface area contributed by atoms with Crippen LogP contribution < -0.4 is 16.2 Å². The van der Waals surface area contributed by atoms with Crippen LogP contribution in [0.1, 0.15) is 47.1 Å². The number of amides is 1. The minimum Gasteiger partial charge on any atom is -0.388 e. The number of H-pyrrole nitrogens is 1. The van der Waals surface area contributed by atoms with Crippen LogP contribution in [0.25, 0.3) is 10.9 Å². The van der Waals surface area contributed by atoms with Crippen LogP contribution in [0, 0.1) is 19.8 Å². The van der Waals surface area contributed by atoms with Gasteiger partial charge in [0.05, 0.1) is 28.7 Å². The molecule has 1 aliphatic heterocycles. The number of hydrogen-bond acceptors (Lipinski definition) is 4. The van der Waals surface area contributed by atoms with Crippen molar-refractivity contribution in [3.8, 4) is 0 Å². The molecule has 3 aromatic rings. The molecule has 1 atom stereocenters. The molecule has 1 saturated heterocycles. The molecule has 1 aliphatic rings. The highest BCUT2D eigenvalue weighted by molar-refractivity contribution is 7.82. The lowest BCUT2D eigenvalue weighted by Crippen LogP contribution is -2.37. The van der Waals surface area contributed by atoms with Crippen molar-refractivity contribution in [1.82, 2.24) is 19.2 Å². The number of nitrogens with one attached hydrogen (secondary N) is 3. The number of rotatable bonds is 8. The number of aromatic amines is 1. The normalized spacial score (nSPS) is 15.9. The summed E-state index contributed by atoms with van der Waals surface area (Å²) < 4.78 is 16.5. The Balaban J connectivity index is 1.56. The number of benzene rings is 1. The highest BCUT2D eigenvalue weighted by Crippen LogP contribution is 2.29. The summed E-state index contributed by atoms with van der Waals surface area (Å²) in [6.45, 7) is 8.43. The van der Waals surface area contributed by atoms with Gasteiger partial charge in [-0.1, -0.05) is 25.1 Å². The number of carbonyl (C=O) groups is 1. The molecule has 9 heteroatoms. The van der Waals surface area contributed by atoms with Crippen molar-refractivity contribution < 1.29 is 9.00 Å². The van der Waals surface area contributed by atoms with E-state index in [0.29, 0.717) is 28.5 Å². The molecule has 1 unspecified atom stereocenters. The van der Waals surface area contributed by atoms with Crippen molar-refractivity contribution in [2.75, 3.05) is 31.2 Å². The number of hydrogen-bond donors (Lipinski definition) is 3. The molecule has 3 N–H and O–H groups in total. The van der Waals surface area contributed by atoms with E-state index in [1.807, 2.05) is 45.0 Å². The van der Waals surface area contributed by atoms with Gasteiger partial charge >= 0.3 is 0 Å². The summed E-state index contributed by atoms with van der Waals surface area (Å²) >= 11 is 0. The number of aromatic nitrogens is 2. The van der Waals surface area contributed by atoms with E-state index in [1.165, 1.54) is 0 Å². The first-order chi connectivity index (χ1) is 16.8. The minimum atomic E-state index is -0.883. The van der Waals surface area contributed by atoms with Crippen molar-refractivity contribution in [1.29, 1.82) is 0 Å². The average molecular weight is 498 g/mol. The molecular formula is C26H35N5O3S. The Morgan fingerprint density at radius 1 is 1.20 bits per heavy atom. The minimum absolute atomic E-state index is 0.136. The van der Waals surface area contributed by atoms with Crippen LogP contribution in [-0.4, -0.2) is 49.9 Å². The lowest BCUT2D eigenvalue weighted by molar-refractivity contribution is 0.0951. The van der Waals surface area contributed by atoms with E-state index in [9.17, 15) is 13.8 Å². The number of anilines is 1. The van der Waals surface area contributed by atoms with Crippen molar-refractivity contribution >= 4 is 33.5 Å². The molecular weight excluding hydrogens is 462 g/mol. The number of para-hydroxylation sites is 1. The zero-order valence-electron chi connectivity index (χ0n) is 20.9. The van der Waals surface area contributed by atoms with Crippen molar-refractivity contribution in [3.05, 3.63) is 63.2 Å². The van der Waals surface area contributed by atoms with Gasteiger partial charge in [-0.3, -0.25) is 9.59 Å². The van der Waals surface area contributed by atoms with Gasteiger partial charge in [-0.05, 0) is 44.7 Å². The molecule has 1 aromatic carbocycles. The van der Waals surface area contributed by atoms with Gasteiger partial charge in [-0.15, -0.1) is 0 Å². The SMILES string of the molecule is CCS(=O)N1CCC(Cn2c(C)c(C(=O)NCc3c(NC)cc(C)[nH]c3=O)c3ccccc32)CC1. The molecule has 0 bridgehead atoms. The Hall–Kier alpha value is -2.91. The third kappa shape index (κ3) is 5.21. The monoisotopic (exact) mass is 497 g/mol. The molecule has 1 amide bonds. The molecule has 0 spiro atoms. The molecule has 0 aliphatic carbocycles.